The highest BCUT2D eigenvalue weighted by Gasteiger charge is 2.67. The van der Waals surface area contributed by atoms with Crippen molar-refractivity contribution in [3.8, 4) is 0 Å². The molecule has 0 unspecified atom stereocenters. The molecule has 40 heavy (non-hydrogen) atoms. The number of hydrogen-bond acceptors (Lipinski definition) is 3. The van der Waals surface area contributed by atoms with Crippen LogP contribution >= 0.6 is 58.0 Å². The quantitative estimate of drug-likeness (QED) is 0.115. The van der Waals surface area contributed by atoms with Crippen LogP contribution in [0, 0.1) is 29.2 Å². The first kappa shape index (κ1) is 30.6. The van der Waals surface area contributed by atoms with Gasteiger partial charge in [0.05, 0.1) is 26.5 Å². The second kappa shape index (κ2) is 11.5. The van der Waals surface area contributed by atoms with Crippen molar-refractivity contribution in [2.24, 2.45) is 5.92 Å². The van der Waals surface area contributed by atoms with E-state index >= 15 is 0 Å². The summed E-state index contributed by atoms with van der Waals surface area (Å²) < 4.78 is 55.8. The SMILES string of the molecule is CC(=O)Cc1cc(CC(=O)c2cc(NC(=O)[C@H]3[C@H](c4cc(Cl)c(Cl)c(Cl)c4)C3(Cl)Cl)cc(F)c2F)c(F)cc1F. The zero-order chi connectivity index (χ0) is 29.7. The van der Waals surface area contributed by atoms with Crippen LogP contribution in [0.25, 0.3) is 0 Å². The zero-order valence-electron chi connectivity index (χ0n) is 20.2. The monoisotopic (exact) mass is 653 g/mol. The topological polar surface area (TPSA) is 63.2 Å². The van der Waals surface area contributed by atoms with Crippen molar-refractivity contribution < 1.29 is 31.9 Å². The van der Waals surface area contributed by atoms with Gasteiger partial charge in [0.1, 0.15) is 21.8 Å². The summed E-state index contributed by atoms with van der Waals surface area (Å²) in [5, 5.41) is 2.66. The van der Waals surface area contributed by atoms with Gasteiger partial charge in [-0.2, -0.15) is 0 Å². The Kier molecular flexibility index (Phi) is 8.79. The summed E-state index contributed by atoms with van der Waals surface area (Å²) in [6, 6.07) is 5.88. The van der Waals surface area contributed by atoms with Gasteiger partial charge in [-0.25, -0.2) is 17.6 Å². The summed E-state index contributed by atoms with van der Waals surface area (Å²) in [5.41, 5.74) is -1.16. The summed E-state index contributed by atoms with van der Waals surface area (Å²) in [5.74, 6) is -9.18. The number of ketones is 2. The lowest BCUT2D eigenvalue weighted by molar-refractivity contribution is -0.117. The van der Waals surface area contributed by atoms with Gasteiger partial charge in [0.2, 0.25) is 5.91 Å². The molecular formula is C27H16Cl5F4NO3. The van der Waals surface area contributed by atoms with Crippen LogP contribution in [0.15, 0.2) is 36.4 Å². The second-order valence-corrected chi connectivity index (χ2v) is 11.9. The molecule has 2 atom stereocenters. The Balaban J connectivity index is 1.57. The Labute approximate surface area is 250 Å². The molecule has 1 N–H and O–H groups in total. The number of Topliss-reactive ketones (excluding diaryl/α,β-unsaturated/α-hetero) is 2. The molecule has 4 rings (SSSR count). The summed E-state index contributed by atoms with van der Waals surface area (Å²) in [4.78, 5) is 37.2. The van der Waals surface area contributed by atoms with Crippen molar-refractivity contribution in [2.75, 3.05) is 5.32 Å². The normalized spacial score (nSPS) is 17.4. The molecular weight excluding hydrogens is 640 g/mol. The van der Waals surface area contributed by atoms with E-state index < -0.39 is 68.9 Å². The number of anilines is 1. The largest absolute Gasteiger partial charge is 0.326 e. The van der Waals surface area contributed by atoms with Gasteiger partial charge in [0.25, 0.3) is 0 Å². The summed E-state index contributed by atoms with van der Waals surface area (Å²) in [6.45, 7) is 1.20. The average molecular weight is 656 g/mol. The molecule has 0 radical (unpaired) electrons. The van der Waals surface area contributed by atoms with Crippen molar-refractivity contribution in [3.63, 3.8) is 0 Å². The number of halogens is 9. The zero-order valence-corrected chi connectivity index (χ0v) is 23.9. The third kappa shape index (κ3) is 6.11. The van der Waals surface area contributed by atoms with Crippen LogP contribution in [-0.2, 0) is 22.4 Å². The summed E-state index contributed by atoms with van der Waals surface area (Å²) in [7, 11) is 0. The van der Waals surface area contributed by atoms with Gasteiger partial charge in [-0.1, -0.05) is 34.8 Å². The molecule has 0 saturated heterocycles. The van der Waals surface area contributed by atoms with Crippen LogP contribution in [0.4, 0.5) is 23.2 Å². The Morgan fingerprint density at radius 2 is 1.40 bits per heavy atom. The van der Waals surface area contributed by atoms with Crippen molar-refractivity contribution in [3.05, 3.63) is 97.0 Å². The number of nitrogens with one attached hydrogen (secondary N) is 1. The van der Waals surface area contributed by atoms with Crippen LogP contribution in [0.2, 0.25) is 15.1 Å². The minimum absolute atomic E-state index is 0.0954. The van der Waals surface area contributed by atoms with Crippen LogP contribution in [0.5, 0.6) is 0 Å². The van der Waals surface area contributed by atoms with Gasteiger partial charge >= 0.3 is 0 Å². The molecule has 13 heteroatoms. The molecule has 0 spiro atoms. The van der Waals surface area contributed by atoms with Crippen molar-refractivity contribution in [1.29, 1.82) is 0 Å². The number of alkyl halides is 2. The minimum atomic E-state index is -1.60. The number of hydrogen-bond donors (Lipinski definition) is 1. The summed E-state index contributed by atoms with van der Waals surface area (Å²) in [6.07, 6.45) is -1.13. The maximum atomic E-state index is 14.6. The van der Waals surface area contributed by atoms with Gasteiger partial charge in [0, 0.05) is 36.6 Å². The lowest BCUT2D eigenvalue weighted by Crippen LogP contribution is -2.18. The Morgan fingerprint density at radius 3 is 1.98 bits per heavy atom. The van der Waals surface area contributed by atoms with Gasteiger partial charge in [-0.3, -0.25) is 14.4 Å². The smallest absolute Gasteiger partial charge is 0.231 e. The first-order valence-electron chi connectivity index (χ1n) is 11.4. The molecule has 1 saturated carbocycles. The predicted octanol–water partition coefficient (Wildman–Crippen LogP) is 8.29. The van der Waals surface area contributed by atoms with Gasteiger partial charge in [-0.05, 0) is 47.9 Å². The molecule has 0 heterocycles. The number of carbonyl (C=O) groups is 3. The fourth-order valence-electron chi connectivity index (χ4n) is 4.36. The van der Waals surface area contributed by atoms with E-state index in [2.05, 4.69) is 5.32 Å². The molecule has 4 nitrogen and oxygen atoms in total. The highest BCUT2D eigenvalue weighted by atomic mass is 35.5. The molecule has 1 aliphatic carbocycles. The minimum Gasteiger partial charge on any atom is -0.326 e. The third-order valence-electron chi connectivity index (χ3n) is 6.30. The van der Waals surface area contributed by atoms with Crippen molar-refractivity contribution in [1.82, 2.24) is 0 Å². The number of rotatable bonds is 8. The van der Waals surface area contributed by atoms with Crippen molar-refractivity contribution >= 4 is 81.2 Å². The Bertz CT molecular complexity index is 1560. The Morgan fingerprint density at radius 1 is 0.825 bits per heavy atom. The van der Waals surface area contributed by atoms with Gasteiger partial charge in [0.15, 0.2) is 17.4 Å². The molecule has 1 aliphatic rings. The van der Waals surface area contributed by atoms with Crippen LogP contribution in [0.3, 0.4) is 0 Å². The van der Waals surface area contributed by atoms with E-state index in [-0.39, 0.29) is 38.3 Å². The van der Waals surface area contributed by atoms with Gasteiger partial charge in [-0.15, -0.1) is 23.2 Å². The first-order valence-corrected chi connectivity index (χ1v) is 13.3. The van der Waals surface area contributed by atoms with Crippen molar-refractivity contribution in [2.45, 2.75) is 30.0 Å². The number of amides is 1. The fraction of sp³-hybridized carbons (Fsp3) is 0.222. The maximum absolute atomic E-state index is 14.6. The lowest BCUT2D eigenvalue weighted by Gasteiger charge is -2.11. The third-order valence-corrected chi connectivity index (χ3v) is 8.44. The van der Waals surface area contributed by atoms with E-state index in [1.807, 2.05) is 0 Å². The van der Waals surface area contributed by atoms with Crippen LogP contribution in [0.1, 0.15) is 39.9 Å². The first-order chi connectivity index (χ1) is 18.6. The van der Waals surface area contributed by atoms with Crippen LogP contribution in [-0.4, -0.2) is 21.8 Å². The fourth-order valence-corrected chi connectivity index (χ4v) is 5.80. The standard InChI is InChI=1S/C27H16Cl5F4NO3/c1-10(38)2-11-3-12(19(34)9-18(11)33)6-21(39)15-7-14(8-20(35)25(15)36)37-26(40)23-22(27(23,31)32)13-4-16(28)24(30)17(29)5-13/h3-5,7-9,22-23H,2,6H2,1H3,(H,37,40)/t22-,23+/m0/s1. The summed E-state index contributed by atoms with van der Waals surface area (Å²) >= 11 is 30.7. The Hall–Kier alpha value is -2.36. The molecule has 3 aromatic rings. The molecule has 210 valence electrons. The number of carbonyl (C=O) groups excluding carboxylic acids is 3. The lowest BCUT2D eigenvalue weighted by atomic mass is 9.98. The predicted molar refractivity (Wildman–Crippen MR) is 146 cm³/mol. The molecule has 0 aliphatic heterocycles. The molecule has 0 aromatic heterocycles. The molecule has 3 aromatic carbocycles. The van der Waals surface area contributed by atoms with E-state index in [4.69, 9.17) is 58.0 Å². The highest BCUT2D eigenvalue weighted by molar-refractivity contribution is 6.54. The van der Waals surface area contributed by atoms with Crippen LogP contribution < -0.4 is 5.32 Å². The molecule has 1 fully saturated rings. The van der Waals surface area contributed by atoms with E-state index in [1.165, 1.54) is 19.1 Å². The van der Waals surface area contributed by atoms with E-state index in [0.29, 0.717) is 17.7 Å². The highest BCUT2D eigenvalue weighted by Crippen LogP contribution is 2.65. The van der Waals surface area contributed by atoms with E-state index in [0.717, 1.165) is 12.1 Å². The van der Waals surface area contributed by atoms with E-state index in [1.54, 1.807) is 0 Å². The molecule has 1 amide bonds. The maximum Gasteiger partial charge on any atom is 0.231 e. The number of benzene rings is 3. The van der Waals surface area contributed by atoms with E-state index in [9.17, 15) is 31.9 Å². The average Bonchev–Trinajstić information content (AvgIpc) is 3.43. The molecule has 0 bridgehead atoms. The van der Waals surface area contributed by atoms with Gasteiger partial charge < -0.3 is 5.32 Å². The second-order valence-electron chi connectivity index (χ2n) is 9.25.